The van der Waals surface area contributed by atoms with Crippen LogP contribution in [0.5, 0.6) is 0 Å². The Bertz CT molecular complexity index is 540. The molecule has 5 nitrogen and oxygen atoms in total. The van der Waals surface area contributed by atoms with Crippen LogP contribution < -0.4 is 10.6 Å². The molecule has 0 bridgehead atoms. The van der Waals surface area contributed by atoms with Crippen LogP contribution in [0.15, 0.2) is 24.3 Å². The van der Waals surface area contributed by atoms with Gasteiger partial charge in [-0.2, -0.15) is 0 Å². The maximum Gasteiger partial charge on any atom is 0.239 e. The van der Waals surface area contributed by atoms with Crippen LogP contribution in [0.4, 0.5) is 5.69 Å². The number of nitrogens with two attached hydrogens (primary N) is 1. The standard InChI is InChI=1S/C17H24ClN3O2/c18-14-2-1-3-15(12-14)20-6-8-21(9-7-20)17(22)16(19)13-4-10-23-11-5-13/h1-3,12-13,16H,4-11,19H2. The second-order valence-electron chi connectivity index (χ2n) is 6.27. The van der Waals surface area contributed by atoms with Crippen molar-refractivity contribution >= 4 is 23.2 Å². The number of carbonyl (C=O) groups is 1. The molecule has 6 heteroatoms. The number of ether oxygens (including phenoxy) is 1. The number of halogens is 1. The molecule has 1 aromatic carbocycles. The molecule has 1 amide bonds. The minimum Gasteiger partial charge on any atom is -0.381 e. The average Bonchev–Trinajstić information content (AvgIpc) is 2.61. The summed E-state index contributed by atoms with van der Waals surface area (Å²) in [4.78, 5) is 16.8. The van der Waals surface area contributed by atoms with E-state index in [0.717, 1.165) is 36.6 Å². The van der Waals surface area contributed by atoms with Crippen LogP contribution in [0.2, 0.25) is 5.02 Å². The fourth-order valence-corrected chi connectivity index (χ4v) is 3.53. The second kappa shape index (κ2) is 7.51. The van der Waals surface area contributed by atoms with Gasteiger partial charge in [0, 0.05) is 50.1 Å². The molecular formula is C17H24ClN3O2. The minimum atomic E-state index is -0.392. The number of amides is 1. The lowest BCUT2D eigenvalue weighted by atomic mass is 9.91. The monoisotopic (exact) mass is 337 g/mol. The van der Waals surface area contributed by atoms with Gasteiger partial charge in [0.15, 0.2) is 0 Å². The second-order valence-corrected chi connectivity index (χ2v) is 6.70. The molecule has 3 rings (SSSR count). The lowest BCUT2D eigenvalue weighted by Crippen LogP contribution is -2.55. The Balaban J connectivity index is 1.54. The van der Waals surface area contributed by atoms with Gasteiger partial charge in [-0.15, -0.1) is 0 Å². The highest BCUT2D eigenvalue weighted by Gasteiger charge is 2.31. The van der Waals surface area contributed by atoms with Crippen LogP contribution in [-0.2, 0) is 9.53 Å². The fourth-order valence-electron chi connectivity index (χ4n) is 3.35. The van der Waals surface area contributed by atoms with Gasteiger partial charge in [-0.3, -0.25) is 4.79 Å². The first-order valence-corrected chi connectivity index (χ1v) is 8.65. The number of piperazine rings is 1. The number of nitrogens with zero attached hydrogens (tertiary/aromatic N) is 2. The van der Waals surface area contributed by atoms with Crippen LogP contribution in [0.1, 0.15) is 12.8 Å². The number of rotatable bonds is 3. The number of anilines is 1. The van der Waals surface area contributed by atoms with Gasteiger partial charge in [-0.25, -0.2) is 0 Å². The zero-order valence-electron chi connectivity index (χ0n) is 13.3. The number of hydrogen-bond acceptors (Lipinski definition) is 4. The maximum absolute atomic E-state index is 12.6. The topological polar surface area (TPSA) is 58.8 Å². The fraction of sp³-hybridized carbons (Fsp3) is 0.588. The lowest BCUT2D eigenvalue weighted by Gasteiger charge is -2.38. The van der Waals surface area contributed by atoms with Crippen LogP contribution in [0.3, 0.4) is 0 Å². The predicted octanol–water partition coefficient (Wildman–Crippen LogP) is 1.74. The van der Waals surface area contributed by atoms with Crippen molar-refractivity contribution in [3.05, 3.63) is 29.3 Å². The maximum atomic E-state index is 12.6. The number of carbonyl (C=O) groups excluding carboxylic acids is 1. The molecule has 1 atom stereocenters. The molecule has 2 saturated heterocycles. The summed E-state index contributed by atoms with van der Waals surface area (Å²) in [6.07, 6.45) is 1.77. The van der Waals surface area contributed by atoms with Gasteiger partial charge in [-0.1, -0.05) is 17.7 Å². The molecule has 2 aliphatic rings. The van der Waals surface area contributed by atoms with Gasteiger partial charge < -0.3 is 20.3 Å². The first-order valence-electron chi connectivity index (χ1n) is 8.28. The summed E-state index contributed by atoms with van der Waals surface area (Å²) in [5.41, 5.74) is 7.32. The van der Waals surface area contributed by atoms with E-state index >= 15 is 0 Å². The Labute approximate surface area is 142 Å². The number of benzene rings is 1. The van der Waals surface area contributed by atoms with Crippen molar-refractivity contribution in [2.75, 3.05) is 44.3 Å². The van der Waals surface area contributed by atoms with Gasteiger partial charge in [0.2, 0.25) is 5.91 Å². The highest BCUT2D eigenvalue weighted by Crippen LogP contribution is 2.22. The van der Waals surface area contributed by atoms with Crippen LogP contribution in [0, 0.1) is 5.92 Å². The van der Waals surface area contributed by atoms with Crippen molar-refractivity contribution in [1.82, 2.24) is 4.90 Å². The number of hydrogen-bond donors (Lipinski definition) is 1. The molecule has 2 heterocycles. The minimum absolute atomic E-state index is 0.0858. The summed E-state index contributed by atoms with van der Waals surface area (Å²) in [5, 5.41) is 0.738. The molecule has 2 fully saturated rings. The normalized spacial score (nSPS) is 21.3. The van der Waals surface area contributed by atoms with Crippen molar-refractivity contribution in [2.24, 2.45) is 11.7 Å². The molecule has 1 aromatic rings. The van der Waals surface area contributed by atoms with Gasteiger partial charge >= 0.3 is 0 Å². The first-order chi connectivity index (χ1) is 11.1. The van der Waals surface area contributed by atoms with E-state index in [4.69, 9.17) is 22.1 Å². The van der Waals surface area contributed by atoms with E-state index in [9.17, 15) is 4.79 Å². The summed E-state index contributed by atoms with van der Waals surface area (Å²) in [6.45, 7) is 4.48. The molecular weight excluding hydrogens is 314 g/mol. The van der Waals surface area contributed by atoms with Gasteiger partial charge in [0.25, 0.3) is 0 Å². The van der Waals surface area contributed by atoms with Crippen LogP contribution >= 0.6 is 11.6 Å². The Hall–Kier alpha value is -1.30. The molecule has 0 radical (unpaired) electrons. The van der Waals surface area contributed by atoms with E-state index in [2.05, 4.69) is 11.0 Å². The van der Waals surface area contributed by atoms with Gasteiger partial charge in [0.05, 0.1) is 6.04 Å². The Morgan fingerprint density at radius 1 is 1.22 bits per heavy atom. The smallest absolute Gasteiger partial charge is 0.239 e. The van der Waals surface area contributed by atoms with E-state index in [1.54, 1.807) is 0 Å². The summed E-state index contributed by atoms with van der Waals surface area (Å²) in [5.74, 6) is 0.338. The third-order valence-electron chi connectivity index (χ3n) is 4.82. The van der Waals surface area contributed by atoms with Crippen molar-refractivity contribution < 1.29 is 9.53 Å². The lowest BCUT2D eigenvalue weighted by molar-refractivity contribution is -0.135. The molecule has 2 aliphatic heterocycles. The zero-order valence-corrected chi connectivity index (χ0v) is 14.0. The molecule has 0 spiro atoms. The Morgan fingerprint density at radius 3 is 2.57 bits per heavy atom. The van der Waals surface area contributed by atoms with Gasteiger partial charge in [-0.05, 0) is 37.0 Å². The third kappa shape index (κ3) is 3.97. The predicted molar refractivity (Wildman–Crippen MR) is 91.8 cm³/mol. The third-order valence-corrected chi connectivity index (χ3v) is 5.06. The van der Waals surface area contributed by atoms with E-state index in [1.807, 2.05) is 23.1 Å². The van der Waals surface area contributed by atoms with Crippen molar-refractivity contribution in [1.29, 1.82) is 0 Å². The van der Waals surface area contributed by atoms with Crippen molar-refractivity contribution in [2.45, 2.75) is 18.9 Å². The largest absolute Gasteiger partial charge is 0.381 e. The summed E-state index contributed by atoms with van der Waals surface area (Å²) in [6, 6.07) is 7.45. The first kappa shape index (κ1) is 16.6. The molecule has 0 aromatic heterocycles. The van der Waals surface area contributed by atoms with Crippen molar-refractivity contribution in [3.63, 3.8) is 0 Å². The zero-order chi connectivity index (χ0) is 16.2. The molecule has 126 valence electrons. The average molecular weight is 338 g/mol. The van der Waals surface area contributed by atoms with E-state index in [-0.39, 0.29) is 11.8 Å². The highest BCUT2D eigenvalue weighted by molar-refractivity contribution is 6.30. The Morgan fingerprint density at radius 2 is 1.91 bits per heavy atom. The molecule has 23 heavy (non-hydrogen) atoms. The molecule has 2 N–H and O–H groups in total. The molecule has 0 aliphatic carbocycles. The summed E-state index contributed by atoms with van der Waals surface area (Å²) >= 11 is 6.05. The van der Waals surface area contributed by atoms with E-state index in [0.29, 0.717) is 26.3 Å². The van der Waals surface area contributed by atoms with Crippen LogP contribution in [-0.4, -0.2) is 56.2 Å². The van der Waals surface area contributed by atoms with Gasteiger partial charge in [0.1, 0.15) is 0 Å². The highest BCUT2D eigenvalue weighted by atomic mass is 35.5. The SMILES string of the molecule is NC(C(=O)N1CCN(c2cccc(Cl)c2)CC1)C1CCOCC1. The summed E-state index contributed by atoms with van der Waals surface area (Å²) in [7, 11) is 0. The Kier molecular flexibility index (Phi) is 5.41. The molecule has 0 saturated carbocycles. The van der Waals surface area contributed by atoms with Crippen LogP contribution in [0.25, 0.3) is 0 Å². The van der Waals surface area contributed by atoms with E-state index in [1.165, 1.54) is 0 Å². The van der Waals surface area contributed by atoms with E-state index < -0.39 is 6.04 Å². The quantitative estimate of drug-likeness (QED) is 0.912. The molecule has 1 unspecified atom stereocenters. The van der Waals surface area contributed by atoms with Crippen molar-refractivity contribution in [3.8, 4) is 0 Å². The summed E-state index contributed by atoms with van der Waals surface area (Å²) < 4.78 is 5.35.